The van der Waals surface area contributed by atoms with Crippen molar-refractivity contribution in [2.24, 2.45) is 0 Å². The molecule has 1 saturated carbocycles. The van der Waals surface area contributed by atoms with Gasteiger partial charge in [-0.2, -0.15) is 0 Å². The second-order valence-electron chi connectivity index (χ2n) is 9.72. The van der Waals surface area contributed by atoms with Crippen LogP contribution in [-0.4, -0.2) is 56.3 Å². The van der Waals surface area contributed by atoms with Crippen LogP contribution >= 0.6 is 23.2 Å². The van der Waals surface area contributed by atoms with Crippen molar-refractivity contribution in [1.82, 2.24) is 10.2 Å². The van der Waals surface area contributed by atoms with Gasteiger partial charge in [-0.3, -0.25) is 9.69 Å². The Morgan fingerprint density at radius 2 is 2.03 bits per heavy atom. The summed E-state index contributed by atoms with van der Waals surface area (Å²) >= 11 is 12.2. The summed E-state index contributed by atoms with van der Waals surface area (Å²) in [5.74, 6) is 0.823. The Labute approximate surface area is 218 Å². The molecular weight excluding hydrogens is 483 g/mol. The highest BCUT2D eigenvalue weighted by Gasteiger charge is 2.58. The summed E-state index contributed by atoms with van der Waals surface area (Å²) in [5, 5.41) is 4.25. The van der Waals surface area contributed by atoms with Gasteiger partial charge < -0.3 is 14.8 Å². The maximum absolute atomic E-state index is 13.0. The molecule has 1 aliphatic heterocycles. The quantitative estimate of drug-likeness (QED) is 0.475. The van der Waals surface area contributed by atoms with Gasteiger partial charge in [0.2, 0.25) is 5.91 Å². The third-order valence-electron chi connectivity index (χ3n) is 7.81. The van der Waals surface area contributed by atoms with Crippen LogP contribution in [0.25, 0.3) is 0 Å². The van der Waals surface area contributed by atoms with Crippen molar-refractivity contribution in [2.75, 3.05) is 33.9 Å². The van der Waals surface area contributed by atoms with E-state index in [1.165, 1.54) is 5.56 Å². The first-order chi connectivity index (χ1) is 16.8. The molecule has 0 unspecified atom stereocenters. The SMILES string of the molecule is C=CCN1CC[C@@]2(c3cccc(OC)c3)C[C@@H](NC(=O)Cc3ccc(Cl)c(Cl)c3)CC[C@]2(OC)C1. The van der Waals surface area contributed by atoms with Gasteiger partial charge in [0.05, 0.1) is 29.2 Å². The van der Waals surface area contributed by atoms with E-state index in [2.05, 4.69) is 28.9 Å². The molecule has 0 aromatic heterocycles. The van der Waals surface area contributed by atoms with Gasteiger partial charge in [-0.25, -0.2) is 0 Å². The molecule has 2 aliphatic rings. The number of ether oxygens (including phenoxy) is 2. The lowest BCUT2D eigenvalue weighted by molar-refractivity contribution is -0.149. The predicted octanol–water partition coefficient (Wildman–Crippen LogP) is 5.43. The van der Waals surface area contributed by atoms with E-state index in [0.717, 1.165) is 56.6 Å². The lowest BCUT2D eigenvalue weighted by atomic mass is 9.55. The number of carbonyl (C=O) groups is 1. The van der Waals surface area contributed by atoms with E-state index >= 15 is 0 Å². The van der Waals surface area contributed by atoms with E-state index in [9.17, 15) is 4.79 Å². The van der Waals surface area contributed by atoms with E-state index in [4.69, 9.17) is 32.7 Å². The number of rotatable bonds is 8. The van der Waals surface area contributed by atoms with Gasteiger partial charge in [-0.05, 0) is 67.6 Å². The summed E-state index contributed by atoms with van der Waals surface area (Å²) in [7, 11) is 3.52. The molecule has 1 saturated heterocycles. The lowest BCUT2D eigenvalue weighted by Crippen LogP contribution is -2.68. The van der Waals surface area contributed by atoms with Crippen molar-refractivity contribution >= 4 is 29.1 Å². The molecule has 4 rings (SSSR count). The Balaban J connectivity index is 1.60. The van der Waals surface area contributed by atoms with Crippen LogP contribution in [0, 0.1) is 0 Å². The number of hydrogen-bond acceptors (Lipinski definition) is 4. The number of carbonyl (C=O) groups excluding carboxylic acids is 1. The van der Waals surface area contributed by atoms with Gasteiger partial charge in [0.15, 0.2) is 0 Å². The van der Waals surface area contributed by atoms with Gasteiger partial charge in [0, 0.05) is 31.7 Å². The van der Waals surface area contributed by atoms with Crippen LogP contribution in [0.5, 0.6) is 5.75 Å². The molecule has 0 radical (unpaired) electrons. The molecule has 1 amide bonds. The minimum atomic E-state index is -0.356. The number of nitrogens with one attached hydrogen (secondary N) is 1. The molecule has 35 heavy (non-hydrogen) atoms. The Bertz CT molecular complexity index is 1080. The minimum absolute atomic E-state index is 0.0109. The highest BCUT2D eigenvalue weighted by atomic mass is 35.5. The summed E-state index contributed by atoms with van der Waals surface area (Å²) in [6.07, 6.45) is 5.67. The molecule has 2 aromatic carbocycles. The zero-order valence-corrected chi connectivity index (χ0v) is 22.0. The number of nitrogens with zero attached hydrogens (tertiary/aromatic N) is 1. The lowest BCUT2D eigenvalue weighted by Gasteiger charge is -2.59. The molecule has 188 valence electrons. The van der Waals surface area contributed by atoms with Crippen molar-refractivity contribution in [1.29, 1.82) is 0 Å². The molecule has 1 heterocycles. The van der Waals surface area contributed by atoms with Crippen molar-refractivity contribution in [2.45, 2.75) is 49.2 Å². The average molecular weight is 517 g/mol. The maximum atomic E-state index is 13.0. The summed E-state index contributed by atoms with van der Waals surface area (Å²) in [6, 6.07) is 13.7. The molecule has 3 atom stereocenters. The summed E-state index contributed by atoms with van der Waals surface area (Å²) in [6.45, 7) is 6.54. The van der Waals surface area contributed by atoms with Gasteiger partial charge in [0.1, 0.15) is 5.75 Å². The van der Waals surface area contributed by atoms with Crippen LogP contribution in [-0.2, 0) is 21.4 Å². The molecule has 1 N–H and O–H groups in total. The number of piperidine rings is 1. The zero-order chi connectivity index (χ0) is 25.1. The Morgan fingerprint density at radius 3 is 2.74 bits per heavy atom. The first-order valence-electron chi connectivity index (χ1n) is 12.1. The Hall–Kier alpha value is -2.05. The van der Waals surface area contributed by atoms with Crippen molar-refractivity contribution < 1.29 is 14.3 Å². The van der Waals surface area contributed by atoms with Crippen LogP contribution in [0.4, 0.5) is 0 Å². The highest BCUT2D eigenvalue weighted by Crippen LogP contribution is 2.53. The number of likely N-dealkylation sites (tertiary alicyclic amines) is 1. The second-order valence-corrected chi connectivity index (χ2v) is 10.5. The number of amides is 1. The van der Waals surface area contributed by atoms with Gasteiger partial charge >= 0.3 is 0 Å². The molecule has 2 aromatic rings. The minimum Gasteiger partial charge on any atom is -0.497 e. The first kappa shape index (κ1) is 26.0. The van der Waals surface area contributed by atoms with Crippen molar-refractivity contribution in [3.63, 3.8) is 0 Å². The van der Waals surface area contributed by atoms with Crippen LogP contribution in [0.1, 0.15) is 36.8 Å². The van der Waals surface area contributed by atoms with Crippen LogP contribution in [0.15, 0.2) is 55.1 Å². The third kappa shape index (κ3) is 5.24. The topological polar surface area (TPSA) is 50.8 Å². The average Bonchev–Trinajstić information content (AvgIpc) is 2.86. The van der Waals surface area contributed by atoms with Crippen LogP contribution < -0.4 is 10.1 Å². The fourth-order valence-electron chi connectivity index (χ4n) is 6.09. The third-order valence-corrected chi connectivity index (χ3v) is 8.55. The van der Waals surface area contributed by atoms with E-state index in [1.54, 1.807) is 19.2 Å². The normalized spacial score (nSPS) is 26.6. The summed E-state index contributed by atoms with van der Waals surface area (Å²) in [5.41, 5.74) is 1.46. The number of hydrogen-bond donors (Lipinski definition) is 1. The second kappa shape index (κ2) is 10.9. The van der Waals surface area contributed by atoms with Crippen LogP contribution in [0.3, 0.4) is 0 Å². The number of methoxy groups -OCH3 is 2. The smallest absolute Gasteiger partial charge is 0.224 e. The van der Waals surface area contributed by atoms with E-state index in [-0.39, 0.29) is 29.4 Å². The van der Waals surface area contributed by atoms with E-state index in [1.807, 2.05) is 31.4 Å². The fourth-order valence-corrected chi connectivity index (χ4v) is 6.41. The Morgan fingerprint density at radius 1 is 1.20 bits per heavy atom. The molecule has 5 nitrogen and oxygen atoms in total. The van der Waals surface area contributed by atoms with Gasteiger partial charge in [-0.1, -0.05) is 47.5 Å². The molecule has 0 bridgehead atoms. The van der Waals surface area contributed by atoms with Gasteiger partial charge in [-0.15, -0.1) is 6.58 Å². The highest BCUT2D eigenvalue weighted by molar-refractivity contribution is 6.42. The van der Waals surface area contributed by atoms with E-state index in [0.29, 0.717) is 10.0 Å². The molecule has 7 heteroatoms. The van der Waals surface area contributed by atoms with Crippen molar-refractivity contribution in [3.05, 3.63) is 76.3 Å². The summed E-state index contributed by atoms with van der Waals surface area (Å²) < 4.78 is 12.0. The zero-order valence-electron chi connectivity index (χ0n) is 20.5. The number of halogens is 2. The Kier molecular flexibility index (Phi) is 8.12. The monoisotopic (exact) mass is 516 g/mol. The number of fused-ring (bicyclic) bond motifs is 1. The first-order valence-corrected chi connectivity index (χ1v) is 12.9. The summed E-state index contributed by atoms with van der Waals surface area (Å²) in [4.78, 5) is 15.4. The van der Waals surface area contributed by atoms with Gasteiger partial charge in [0.25, 0.3) is 0 Å². The standard InChI is InChI=1S/C28H34Cl2N2O3/c1-4-13-32-14-12-27(21-6-5-7-23(17-21)34-2)18-22(10-11-28(27,19-32)35-3)31-26(33)16-20-8-9-24(29)25(30)15-20/h4-9,15,17,22H,1,10-14,16,18-19H2,2-3H3,(H,31,33)/t22-,27-,28-/m0/s1. The van der Waals surface area contributed by atoms with E-state index < -0.39 is 0 Å². The fraction of sp³-hybridized carbons (Fsp3) is 0.464. The predicted molar refractivity (Wildman–Crippen MR) is 142 cm³/mol. The molecule has 2 fully saturated rings. The number of benzene rings is 2. The molecule has 0 spiro atoms. The van der Waals surface area contributed by atoms with Crippen LogP contribution in [0.2, 0.25) is 10.0 Å². The molecule has 1 aliphatic carbocycles. The molecular formula is C28H34Cl2N2O3. The largest absolute Gasteiger partial charge is 0.497 e. The maximum Gasteiger partial charge on any atom is 0.224 e. The van der Waals surface area contributed by atoms with Crippen molar-refractivity contribution in [3.8, 4) is 5.75 Å².